The van der Waals surface area contributed by atoms with Gasteiger partial charge in [0.25, 0.3) is 5.91 Å². The molecule has 140 valence electrons. The maximum absolute atomic E-state index is 12.1. The van der Waals surface area contributed by atoms with Crippen molar-refractivity contribution in [1.82, 2.24) is 9.78 Å². The molecule has 0 aliphatic heterocycles. The van der Waals surface area contributed by atoms with Gasteiger partial charge in [-0.1, -0.05) is 24.3 Å². The average molecular weight is 374 g/mol. The summed E-state index contributed by atoms with van der Waals surface area (Å²) in [5.41, 5.74) is 2.81. The van der Waals surface area contributed by atoms with E-state index < -0.39 is 11.9 Å². The van der Waals surface area contributed by atoms with Crippen LogP contribution in [-0.4, -0.2) is 28.3 Å². The maximum Gasteiger partial charge on any atom is 0.338 e. The number of anilines is 1. The standard InChI is InChI=1S/C21H18N4O3/c22-11-10-16-4-8-19(9-5-16)24-20(26)15-28-21(27)18-6-2-17(3-7-18)14-25-13-1-12-23-25/h1-9,12-13H,10,14-15H2,(H,24,26). The molecule has 0 aliphatic carbocycles. The molecule has 2 aromatic carbocycles. The van der Waals surface area contributed by atoms with Crippen molar-refractivity contribution in [3.63, 3.8) is 0 Å². The quantitative estimate of drug-likeness (QED) is 0.642. The summed E-state index contributed by atoms with van der Waals surface area (Å²) in [5, 5.41) is 15.4. The molecule has 7 nitrogen and oxygen atoms in total. The van der Waals surface area contributed by atoms with Gasteiger partial charge in [-0.3, -0.25) is 9.48 Å². The van der Waals surface area contributed by atoms with Gasteiger partial charge >= 0.3 is 5.97 Å². The molecule has 0 saturated heterocycles. The smallest absolute Gasteiger partial charge is 0.338 e. The lowest BCUT2D eigenvalue weighted by Gasteiger charge is -2.08. The molecular formula is C21H18N4O3. The van der Waals surface area contributed by atoms with Crippen LogP contribution in [-0.2, 0) is 22.5 Å². The summed E-state index contributed by atoms with van der Waals surface area (Å²) >= 11 is 0. The average Bonchev–Trinajstić information content (AvgIpc) is 3.21. The Labute approximate surface area is 162 Å². The molecule has 1 heterocycles. The monoisotopic (exact) mass is 374 g/mol. The number of hydrogen-bond donors (Lipinski definition) is 1. The molecule has 0 bridgehead atoms. The van der Waals surface area contributed by atoms with E-state index in [-0.39, 0.29) is 6.61 Å². The van der Waals surface area contributed by atoms with Crippen LogP contribution < -0.4 is 5.32 Å². The van der Waals surface area contributed by atoms with Crippen molar-refractivity contribution < 1.29 is 14.3 Å². The third kappa shape index (κ3) is 5.29. The Balaban J connectivity index is 1.47. The number of benzene rings is 2. The topological polar surface area (TPSA) is 97.0 Å². The summed E-state index contributed by atoms with van der Waals surface area (Å²) in [5.74, 6) is -0.998. The van der Waals surface area contributed by atoms with Gasteiger partial charge in [-0.15, -0.1) is 0 Å². The lowest BCUT2D eigenvalue weighted by molar-refractivity contribution is -0.119. The van der Waals surface area contributed by atoms with Gasteiger partial charge in [-0.25, -0.2) is 4.79 Å². The number of nitrogens with zero attached hydrogens (tertiary/aromatic N) is 3. The van der Waals surface area contributed by atoms with Gasteiger partial charge in [0.05, 0.1) is 24.6 Å². The number of amides is 1. The van der Waals surface area contributed by atoms with Crippen molar-refractivity contribution in [2.24, 2.45) is 0 Å². The summed E-state index contributed by atoms with van der Waals surface area (Å²) in [6.45, 7) is 0.228. The number of esters is 1. The SMILES string of the molecule is N#CCc1ccc(NC(=O)COC(=O)c2ccc(Cn3cccn3)cc2)cc1. The van der Waals surface area contributed by atoms with E-state index in [1.165, 1.54) is 0 Å². The van der Waals surface area contributed by atoms with Crippen LogP contribution in [0, 0.1) is 11.3 Å². The van der Waals surface area contributed by atoms with E-state index in [1.807, 2.05) is 24.4 Å². The fourth-order valence-corrected chi connectivity index (χ4v) is 2.54. The van der Waals surface area contributed by atoms with E-state index >= 15 is 0 Å². The minimum Gasteiger partial charge on any atom is -0.452 e. The molecule has 0 fully saturated rings. The normalized spacial score (nSPS) is 10.1. The predicted molar refractivity (Wildman–Crippen MR) is 102 cm³/mol. The van der Waals surface area contributed by atoms with E-state index in [2.05, 4.69) is 16.5 Å². The molecule has 0 spiro atoms. The first-order valence-corrected chi connectivity index (χ1v) is 8.63. The zero-order valence-electron chi connectivity index (χ0n) is 15.0. The van der Waals surface area contributed by atoms with E-state index in [9.17, 15) is 9.59 Å². The van der Waals surface area contributed by atoms with Crippen LogP contribution in [0.4, 0.5) is 5.69 Å². The highest BCUT2D eigenvalue weighted by Gasteiger charge is 2.10. The second kappa shape index (κ2) is 9.14. The molecule has 0 saturated carbocycles. The van der Waals surface area contributed by atoms with E-state index in [0.29, 0.717) is 24.2 Å². The minimum atomic E-state index is -0.565. The minimum absolute atomic E-state index is 0.312. The van der Waals surface area contributed by atoms with Crippen molar-refractivity contribution in [2.45, 2.75) is 13.0 Å². The van der Waals surface area contributed by atoms with Gasteiger partial charge in [-0.2, -0.15) is 10.4 Å². The summed E-state index contributed by atoms with van der Waals surface area (Å²) in [7, 11) is 0. The van der Waals surface area contributed by atoms with E-state index in [0.717, 1.165) is 11.1 Å². The first-order chi connectivity index (χ1) is 13.6. The van der Waals surface area contributed by atoms with Crippen molar-refractivity contribution >= 4 is 17.6 Å². The Morgan fingerprint density at radius 3 is 2.43 bits per heavy atom. The lowest BCUT2D eigenvalue weighted by atomic mass is 10.1. The number of nitriles is 1. The van der Waals surface area contributed by atoms with Crippen LogP contribution in [0.2, 0.25) is 0 Å². The number of hydrogen-bond acceptors (Lipinski definition) is 5. The lowest BCUT2D eigenvalue weighted by Crippen LogP contribution is -2.20. The number of rotatable bonds is 7. The van der Waals surface area contributed by atoms with Crippen LogP contribution in [0.25, 0.3) is 0 Å². The molecule has 3 rings (SSSR count). The number of carbonyl (C=O) groups is 2. The maximum atomic E-state index is 12.1. The second-order valence-corrected chi connectivity index (χ2v) is 6.06. The summed E-state index contributed by atoms with van der Waals surface area (Å²) in [6.07, 6.45) is 3.88. The second-order valence-electron chi connectivity index (χ2n) is 6.06. The van der Waals surface area contributed by atoms with Gasteiger partial charge in [0.15, 0.2) is 6.61 Å². The molecule has 1 amide bonds. The Morgan fingerprint density at radius 2 is 1.79 bits per heavy atom. The Morgan fingerprint density at radius 1 is 1.07 bits per heavy atom. The zero-order chi connectivity index (χ0) is 19.8. The molecule has 1 N–H and O–H groups in total. The molecule has 28 heavy (non-hydrogen) atoms. The Bertz CT molecular complexity index is 972. The van der Waals surface area contributed by atoms with Crippen molar-refractivity contribution in [2.75, 3.05) is 11.9 Å². The molecule has 7 heteroatoms. The van der Waals surface area contributed by atoms with Gasteiger partial charge < -0.3 is 10.1 Å². The number of aromatic nitrogens is 2. The highest BCUT2D eigenvalue weighted by molar-refractivity contribution is 5.95. The third-order valence-corrected chi connectivity index (χ3v) is 3.95. The third-order valence-electron chi connectivity index (χ3n) is 3.95. The number of ether oxygens (including phenoxy) is 1. The fourth-order valence-electron chi connectivity index (χ4n) is 2.54. The number of nitrogens with one attached hydrogen (secondary N) is 1. The highest BCUT2D eigenvalue weighted by Crippen LogP contribution is 2.11. The fraction of sp³-hybridized carbons (Fsp3) is 0.143. The number of carbonyl (C=O) groups excluding carboxylic acids is 2. The van der Waals surface area contributed by atoms with Crippen molar-refractivity contribution in [3.8, 4) is 6.07 Å². The zero-order valence-corrected chi connectivity index (χ0v) is 15.0. The van der Waals surface area contributed by atoms with Crippen molar-refractivity contribution in [1.29, 1.82) is 5.26 Å². The van der Waals surface area contributed by atoms with Crippen LogP contribution in [0.5, 0.6) is 0 Å². The van der Waals surface area contributed by atoms with Crippen LogP contribution in [0.1, 0.15) is 21.5 Å². The molecule has 0 radical (unpaired) electrons. The Kier molecular flexibility index (Phi) is 6.16. The molecule has 0 atom stereocenters. The van der Waals surface area contributed by atoms with Crippen LogP contribution in [0.3, 0.4) is 0 Å². The first-order valence-electron chi connectivity index (χ1n) is 8.63. The van der Waals surface area contributed by atoms with E-state index in [4.69, 9.17) is 10.00 Å². The highest BCUT2D eigenvalue weighted by atomic mass is 16.5. The van der Waals surface area contributed by atoms with Crippen LogP contribution >= 0.6 is 0 Å². The first kappa shape index (κ1) is 18.9. The molecule has 1 aromatic heterocycles. The van der Waals surface area contributed by atoms with Gasteiger partial charge in [-0.05, 0) is 41.5 Å². The molecule has 3 aromatic rings. The predicted octanol–water partition coefficient (Wildman–Crippen LogP) is 2.79. The largest absolute Gasteiger partial charge is 0.452 e. The Hall–Kier alpha value is -3.92. The van der Waals surface area contributed by atoms with Gasteiger partial charge in [0.1, 0.15) is 0 Å². The molecule has 0 aliphatic rings. The summed E-state index contributed by atoms with van der Waals surface area (Å²) in [6, 6.07) is 17.8. The van der Waals surface area contributed by atoms with Crippen molar-refractivity contribution in [3.05, 3.63) is 83.7 Å². The summed E-state index contributed by atoms with van der Waals surface area (Å²) in [4.78, 5) is 24.0. The van der Waals surface area contributed by atoms with Crippen LogP contribution in [0.15, 0.2) is 67.0 Å². The van der Waals surface area contributed by atoms with E-state index in [1.54, 1.807) is 47.3 Å². The summed E-state index contributed by atoms with van der Waals surface area (Å²) < 4.78 is 6.84. The van der Waals surface area contributed by atoms with Gasteiger partial charge in [0.2, 0.25) is 0 Å². The molecular weight excluding hydrogens is 356 g/mol. The van der Waals surface area contributed by atoms with Gasteiger partial charge in [0, 0.05) is 18.1 Å². The molecule has 0 unspecified atom stereocenters.